The molecule has 1 spiro atoms. The molecule has 196 valence electrons. The number of carbonyl (C=O) groups is 4. The van der Waals surface area contributed by atoms with Gasteiger partial charge in [0.05, 0.1) is 6.61 Å². The van der Waals surface area contributed by atoms with E-state index in [9.17, 15) is 23.6 Å². The Bertz CT molecular complexity index is 998. The lowest BCUT2D eigenvalue weighted by molar-refractivity contribution is -0.146. The first kappa shape index (κ1) is 26.1. The Labute approximate surface area is 211 Å². The van der Waals surface area contributed by atoms with Crippen LogP contribution >= 0.6 is 0 Å². The maximum absolute atomic E-state index is 13.8. The number of likely N-dealkylation sites (tertiary alicyclic amines) is 1. The van der Waals surface area contributed by atoms with Crippen LogP contribution < -0.4 is 0 Å². The molecule has 10 heteroatoms. The summed E-state index contributed by atoms with van der Waals surface area (Å²) >= 11 is 0. The first-order valence-corrected chi connectivity index (χ1v) is 12.7. The number of hydrogen-bond donors (Lipinski definition) is 0. The predicted octanol–water partition coefficient (Wildman–Crippen LogP) is 1.72. The van der Waals surface area contributed by atoms with Gasteiger partial charge < -0.3 is 19.4 Å². The zero-order chi connectivity index (χ0) is 26.0. The van der Waals surface area contributed by atoms with Gasteiger partial charge in [-0.2, -0.15) is 0 Å². The second-order valence-electron chi connectivity index (χ2n) is 10.3. The molecule has 0 aliphatic carbocycles. The van der Waals surface area contributed by atoms with Crippen LogP contribution in [0, 0.1) is 11.7 Å². The topological polar surface area (TPSA) is 90.5 Å². The molecule has 36 heavy (non-hydrogen) atoms. The molecule has 3 aliphatic rings. The summed E-state index contributed by atoms with van der Waals surface area (Å²) in [6.45, 7) is 8.07. The van der Waals surface area contributed by atoms with Gasteiger partial charge in [0.15, 0.2) is 0 Å². The van der Waals surface area contributed by atoms with Crippen molar-refractivity contribution in [1.29, 1.82) is 0 Å². The highest BCUT2D eigenvalue weighted by Gasteiger charge is 2.55. The van der Waals surface area contributed by atoms with E-state index in [1.807, 2.05) is 13.8 Å². The van der Waals surface area contributed by atoms with Gasteiger partial charge in [0, 0.05) is 71.0 Å². The van der Waals surface area contributed by atoms with Crippen molar-refractivity contribution < 1.29 is 28.3 Å². The SMILES string of the molecule is CC(=O)N1CCN(C(=O)C2COC3(CCN(C(=O)CC(C)C)CC3)N2C(=O)c2ccc(F)cc2)CC1. The smallest absolute Gasteiger partial charge is 0.256 e. The lowest BCUT2D eigenvalue weighted by atomic mass is 9.95. The van der Waals surface area contributed by atoms with Crippen LogP contribution in [0.25, 0.3) is 0 Å². The highest BCUT2D eigenvalue weighted by atomic mass is 19.1. The Hall–Kier alpha value is -3.01. The van der Waals surface area contributed by atoms with Gasteiger partial charge in [-0.25, -0.2) is 4.39 Å². The minimum atomic E-state index is -1.01. The number of rotatable bonds is 4. The number of piperazine rings is 1. The lowest BCUT2D eigenvalue weighted by Gasteiger charge is -2.45. The van der Waals surface area contributed by atoms with E-state index in [0.29, 0.717) is 58.5 Å². The second kappa shape index (κ2) is 10.5. The fraction of sp³-hybridized carbons (Fsp3) is 0.615. The number of nitrogens with zero attached hydrogens (tertiary/aromatic N) is 4. The molecule has 0 bridgehead atoms. The molecule has 4 amide bonds. The third kappa shape index (κ3) is 5.23. The Kier molecular flexibility index (Phi) is 7.63. The van der Waals surface area contributed by atoms with Crippen LogP contribution in [0.3, 0.4) is 0 Å². The van der Waals surface area contributed by atoms with E-state index >= 15 is 0 Å². The monoisotopic (exact) mass is 502 g/mol. The van der Waals surface area contributed by atoms with Crippen molar-refractivity contribution in [1.82, 2.24) is 19.6 Å². The molecule has 4 rings (SSSR count). The van der Waals surface area contributed by atoms with Gasteiger partial charge in [0.1, 0.15) is 17.6 Å². The van der Waals surface area contributed by atoms with E-state index in [4.69, 9.17) is 4.74 Å². The summed E-state index contributed by atoms with van der Waals surface area (Å²) in [7, 11) is 0. The lowest BCUT2D eigenvalue weighted by Crippen LogP contribution is -2.61. The van der Waals surface area contributed by atoms with E-state index in [1.54, 1.807) is 14.7 Å². The molecule has 0 aromatic heterocycles. The normalized spacial score (nSPS) is 21.9. The van der Waals surface area contributed by atoms with Crippen molar-refractivity contribution >= 4 is 23.6 Å². The van der Waals surface area contributed by atoms with Crippen LogP contribution in [0.4, 0.5) is 4.39 Å². The summed E-state index contributed by atoms with van der Waals surface area (Å²) in [5.41, 5.74) is -0.736. The number of amides is 4. The predicted molar refractivity (Wildman–Crippen MR) is 129 cm³/mol. The zero-order valence-corrected chi connectivity index (χ0v) is 21.2. The van der Waals surface area contributed by atoms with Crippen LogP contribution in [-0.4, -0.2) is 101 Å². The molecule has 0 N–H and O–H groups in total. The molecule has 3 aliphatic heterocycles. The number of halogens is 1. The van der Waals surface area contributed by atoms with Gasteiger partial charge in [-0.05, 0) is 30.2 Å². The molecular formula is C26H35FN4O5. The van der Waals surface area contributed by atoms with Crippen molar-refractivity contribution in [3.63, 3.8) is 0 Å². The van der Waals surface area contributed by atoms with Crippen LogP contribution in [0.5, 0.6) is 0 Å². The Balaban J connectivity index is 1.56. The molecule has 1 atom stereocenters. The Morgan fingerprint density at radius 2 is 1.53 bits per heavy atom. The quantitative estimate of drug-likeness (QED) is 0.626. The van der Waals surface area contributed by atoms with Crippen LogP contribution in [0.1, 0.15) is 50.4 Å². The van der Waals surface area contributed by atoms with Crippen LogP contribution in [-0.2, 0) is 19.1 Å². The zero-order valence-electron chi connectivity index (χ0n) is 21.2. The van der Waals surface area contributed by atoms with Crippen molar-refractivity contribution in [2.45, 2.75) is 51.8 Å². The number of hydrogen-bond acceptors (Lipinski definition) is 5. The second-order valence-corrected chi connectivity index (χ2v) is 10.3. The van der Waals surface area contributed by atoms with Crippen LogP contribution in [0.15, 0.2) is 24.3 Å². The molecule has 1 aromatic carbocycles. The summed E-state index contributed by atoms with van der Waals surface area (Å²) < 4.78 is 19.8. The van der Waals surface area contributed by atoms with Gasteiger partial charge in [0.2, 0.25) is 17.7 Å². The van der Waals surface area contributed by atoms with Gasteiger partial charge >= 0.3 is 0 Å². The van der Waals surface area contributed by atoms with E-state index in [0.717, 1.165) is 0 Å². The maximum Gasteiger partial charge on any atom is 0.256 e. The maximum atomic E-state index is 13.8. The summed E-state index contributed by atoms with van der Waals surface area (Å²) in [5, 5.41) is 0. The molecule has 3 saturated heterocycles. The van der Waals surface area contributed by atoms with E-state index in [1.165, 1.54) is 36.1 Å². The van der Waals surface area contributed by atoms with Gasteiger partial charge in [0.25, 0.3) is 5.91 Å². The summed E-state index contributed by atoms with van der Waals surface area (Å²) in [4.78, 5) is 58.4. The van der Waals surface area contributed by atoms with E-state index in [2.05, 4.69) is 0 Å². The minimum absolute atomic E-state index is 0.0304. The third-order valence-electron chi connectivity index (χ3n) is 7.37. The average molecular weight is 503 g/mol. The minimum Gasteiger partial charge on any atom is -0.353 e. The molecule has 3 fully saturated rings. The molecule has 1 unspecified atom stereocenters. The van der Waals surface area contributed by atoms with E-state index < -0.39 is 23.5 Å². The van der Waals surface area contributed by atoms with Crippen molar-refractivity contribution in [3.8, 4) is 0 Å². The highest BCUT2D eigenvalue weighted by molar-refractivity contribution is 5.98. The van der Waals surface area contributed by atoms with Gasteiger partial charge in [-0.1, -0.05) is 13.8 Å². The Morgan fingerprint density at radius 1 is 0.944 bits per heavy atom. The first-order chi connectivity index (χ1) is 17.1. The number of benzene rings is 1. The summed E-state index contributed by atoms with van der Waals surface area (Å²) in [6.07, 6.45) is 1.25. The fourth-order valence-corrected chi connectivity index (χ4v) is 5.32. The largest absolute Gasteiger partial charge is 0.353 e. The van der Waals surface area contributed by atoms with Crippen LogP contribution in [0.2, 0.25) is 0 Å². The molecular weight excluding hydrogens is 467 g/mol. The number of ether oxygens (including phenoxy) is 1. The summed E-state index contributed by atoms with van der Waals surface area (Å²) in [6, 6.07) is 4.45. The number of carbonyl (C=O) groups excluding carboxylic acids is 4. The van der Waals surface area contributed by atoms with Gasteiger partial charge in [-0.3, -0.25) is 24.1 Å². The molecule has 0 radical (unpaired) electrons. The molecule has 9 nitrogen and oxygen atoms in total. The van der Waals surface area contributed by atoms with Crippen molar-refractivity contribution in [2.75, 3.05) is 45.9 Å². The average Bonchev–Trinajstić information content (AvgIpc) is 3.22. The highest BCUT2D eigenvalue weighted by Crippen LogP contribution is 2.39. The van der Waals surface area contributed by atoms with E-state index in [-0.39, 0.29) is 35.8 Å². The van der Waals surface area contributed by atoms with Gasteiger partial charge in [-0.15, -0.1) is 0 Å². The molecule has 3 heterocycles. The van der Waals surface area contributed by atoms with Crippen molar-refractivity contribution in [2.24, 2.45) is 5.92 Å². The molecule has 0 saturated carbocycles. The fourth-order valence-electron chi connectivity index (χ4n) is 5.32. The molecule has 1 aromatic rings. The number of piperidine rings is 1. The first-order valence-electron chi connectivity index (χ1n) is 12.7. The third-order valence-corrected chi connectivity index (χ3v) is 7.37. The standard InChI is InChI=1S/C26H35FN4O5/c1-18(2)16-23(33)29-10-8-26(9-11-29)31(24(34)20-4-6-21(27)7-5-20)22(17-36-26)25(35)30-14-12-28(13-15-30)19(3)32/h4-7,18,22H,8-17H2,1-3H3. The Morgan fingerprint density at radius 3 is 2.08 bits per heavy atom. The van der Waals surface area contributed by atoms with Crippen molar-refractivity contribution in [3.05, 3.63) is 35.6 Å². The summed E-state index contributed by atoms with van der Waals surface area (Å²) in [5.74, 6) is -0.772.